The van der Waals surface area contributed by atoms with E-state index in [1.807, 2.05) is 6.92 Å². The molecule has 2 N–H and O–H groups in total. The summed E-state index contributed by atoms with van der Waals surface area (Å²) in [5.74, 6) is -0.359. The summed E-state index contributed by atoms with van der Waals surface area (Å²) in [5.41, 5.74) is 2.14. The van der Waals surface area contributed by atoms with Crippen LogP contribution < -0.4 is 5.32 Å². The monoisotopic (exact) mass is 220 g/mol. The minimum atomic E-state index is -0.329. The molecule has 0 fully saturated rings. The summed E-state index contributed by atoms with van der Waals surface area (Å²) in [5, 5.41) is 3.46. The summed E-state index contributed by atoms with van der Waals surface area (Å²) in [7, 11) is 1.71. The van der Waals surface area contributed by atoms with Crippen LogP contribution in [0.25, 0.3) is 10.9 Å². The zero-order valence-electron chi connectivity index (χ0n) is 9.23. The van der Waals surface area contributed by atoms with E-state index < -0.39 is 0 Å². The second-order valence-corrected chi connectivity index (χ2v) is 3.77. The van der Waals surface area contributed by atoms with Crippen LogP contribution in [0.4, 0.5) is 4.39 Å². The minimum absolute atomic E-state index is 0.0307. The standard InChI is InChI=1S/C12H13FN2O/c1-7-12(11(16)6-14-2)9-5-8(13)3-4-10(9)15-7/h3-5,14-15H,6H2,1-2H3. The normalized spacial score (nSPS) is 10.9. The summed E-state index contributed by atoms with van der Waals surface area (Å²) in [6, 6.07) is 4.42. The van der Waals surface area contributed by atoms with Crippen molar-refractivity contribution >= 4 is 16.7 Å². The average molecular weight is 220 g/mol. The largest absolute Gasteiger partial charge is 0.358 e. The molecule has 1 aromatic carbocycles. The van der Waals surface area contributed by atoms with E-state index in [1.54, 1.807) is 13.1 Å². The van der Waals surface area contributed by atoms with Crippen molar-refractivity contribution in [3.05, 3.63) is 35.3 Å². The van der Waals surface area contributed by atoms with Crippen LogP contribution in [0.15, 0.2) is 18.2 Å². The van der Waals surface area contributed by atoms with E-state index in [2.05, 4.69) is 10.3 Å². The van der Waals surface area contributed by atoms with Crippen molar-refractivity contribution < 1.29 is 9.18 Å². The van der Waals surface area contributed by atoms with Gasteiger partial charge in [-0.3, -0.25) is 4.79 Å². The van der Waals surface area contributed by atoms with Gasteiger partial charge in [0.05, 0.1) is 6.54 Å². The lowest BCUT2D eigenvalue weighted by Crippen LogP contribution is -2.18. The molecule has 2 aromatic rings. The van der Waals surface area contributed by atoms with Gasteiger partial charge in [-0.2, -0.15) is 0 Å². The Kier molecular flexibility index (Phi) is 2.75. The molecule has 1 heterocycles. The molecule has 0 saturated carbocycles. The number of H-pyrrole nitrogens is 1. The summed E-state index contributed by atoms with van der Waals surface area (Å²) in [6.45, 7) is 2.07. The van der Waals surface area contributed by atoms with Crippen LogP contribution in [0.2, 0.25) is 0 Å². The van der Waals surface area contributed by atoms with Crippen LogP contribution in [-0.4, -0.2) is 24.4 Å². The number of aryl methyl sites for hydroxylation is 1. The first-order chi connectivity index (χ1) is 7.63. The predicted molar refractivity (Wildman–Crippen MR) is 61.3 cm³/mol. The molecular formula is C12H13FN2O. The topological polar surface area (TPSA) is 44.9 Å². The van der Waals surface area contributed by atoms with E-state index in [-0.39, 0.29) is 18.1 Å². The van der Waals surface area contributed by atoms with E-state index >= 15 is 0 Å². The fourth-order valence-corrected chi connectivity index (χ4v) is 1.91. The molecule has 84 valence electrons. The number of rotatable bonds is 3. The second kappa shape index (κ2) is 4.06. The van der Waals surface area contributed by atoms with Gasteiger partial charge in [-0.25, -0.2) is 4.39 Å². The number of likely N-dealkylation sites (N-methyl/N-ethyl adjacent to an activating group) is 1. The van der Waals surface area contributed by atoms with Crippen molar-refractivity contribution in [2.45, 2.75) is 6.92 Å². The molecule has 3 nitrogen and oxygen atoms in total. The van der Waals surface area contributed by atoms with Gasteiger partial charge in [0.1, 0.15) is 5.82 Å². The highest BCUT2D eigenvalue weighted by Crippen LogP contribution is 2.23. The van der Waals surface area contributed by atoms with Gasteiger partial charge >= 0.3 is 0 Å². The van der Waals surface area contributed by atoms with Gasteiger partial charge in [-0.1, -0.05) is 0 Å². The van der Waals surface area contributed by atoms with Crippen LogP contribution in [0.5, 0.6) is 0 Å². The number of nitrogens with one attached hydrogen (secondary N) is 2. The van der Waals surface area contributed by atoms with Crippen molar-refractivity contribution in [3.8, 4) is 0 Å². The van der Waals surface area contributed by atoms with Crippen LogP contribution in [0.3, 0.4) is 0 Å². The number of hydrogen-bond acceptors (Lipinski definition) is 2. The number of aromatic nitrogens is 1. The van der Waals surface area contributed by atoms with Gasteiger partial charge in [-0.15, -0.1) is 0 Å². The molecule has 16 heavy (non-hydrogen) atoms. The number of Topliss-reactive ketones (excluding diaryl/α,β-unsaturated/α-hetero) is 1. The van der Waals surface area contributed by atoms with E-state index in [0.29, 0.717) is 10.9 Å². The first-order valence-corrected chi connectivity index (χ1v) is 5.09. The fraction of sp³-hybridized carbons (Fsp3) is 0.250. The summed E-state index contributed by atoms with van der Waals surface area (Å²) in [4.78, 5) is 14.9. The van der Waals surface area contributed by atoms with Crippen molar-refractivity contribution in [3.63, 3.8) is 0 Å². The lowest BCUT2D eigenvalue weighted by Gasteiger charge is -1.99. The first-order valence-electron chi connectivity index (χ1n) is 5.09. The summed E-state index contributed by atoms with van der Waals surface area (Å²) >= 11 is 0. The highest BCUT2D eigenvalue weighted by atomic mass is 19.1. The van der Waals surface area contributed by atoms with E-state index in [0.717, 1.165) is 11.2 Å². The lowest BCUT2D eigenvalue weighted by molar-refractivity contribution is 0.0994. The maximum absolute atomic E-state index is 13.1. The highest BCUT2D eigenvalue weighted by Gasteiger charge is 2.15. The van der Waals surface area contributed by atoms with Gasteiger partial charge in [-0.05, 0) is 32.2 Å². The van der Waals surface area contributed by atoms with Crippen molar-refractivity contribution in [2.24, 2.45) is 0 Å². The molecule has 0 radical (unpaired) electrons. The van der Waals surface area contributed by atoms with Gasteiger partial charge in [0.2, 0.25) is 0 Å². The van der Waals surface area contributed by atoms with Gasteiger partial charge < -0.3 is 10.3 Å². The Balaban J connectivity index is 2.62. The van der Waals surface area contributed by atoms with Gasteiger partial charge in [0.15, 0.2) is 5.78 Å². The third-order valence-electron chi connectivity index (χ3n) is 2.56. The molecule has 0 amide bonds. The van der Waals surface area contributed by atoms with Crippen molar-refractivity contribution in [1.29, 1.82) is 0 Å². The van der Waals surface area contributed by atoms with Crippen LogP contribution >= 0.6 is 0 Å². The zero-order valence-corrected chi connectivity index (χ0v) is 9.23. The Morgan fingerprint density at radius 3 is 2.94 bits per heavy atom. The molecule has 0 spiro atoms. The second-order valence-electron chi connectivity index (χ2n) is 3.77. The minimum Gasteiger partial charge on any atom is -0.358 e. The number of ketones is 1. The molecule has 0 unspecified atom stereocenters. The lowest BCUT2D eigenvalue weighted by atomic mass is 10.1. The molecule has 1 aromatic heterocycles. The molecule has 0 atom stereocenters. The smallest absolute Gasteiger partial charge is 0.179 e. The number of carbonyl (C=O) groups excluding carboxylic acids is 1. The molecule has 0 bridgehead atoms. The third kappa shape index (κ3) is 1.72. The number of benzene rings is 1. The molecule has 0 aliphatic rings. The van der Waals surface area contributed by atoms with Crippen LogP contribution in [0.1, 0.15) is 16.1 Å². The predicted octanol–water partition coefficient (Wildman–Crippen LogP) is 2.02. The number of carbonyl (C=O) groups is 1. The molecular weight excluding hydrogens is 207 g/mol. The Morgan fingerprint density at radius 1 is 1.50 bits per heavy atom. The Hall–Kier alpha value is -1.68. The van der Waals surface area contributed by atoms with Gasteiger partial charge in [0.25, 0.3) is 0 Å². The Labute approximate surface area is 92.7 Å². The molecule has 0 aliphatic heterocycles. The summed E-state index contributed by atoms with van der Waals surface area (Å²) < 4.78 is 13.1. The maximum Gasteiger partial charge on any atom is 0.179 e. The number of halogens is 1. The number of aromatic amines is 1. The quantitative estimate of drug-likeness (QED) is 0.777. The fourth-order valence-electron chi connectivity index (χ4n) is 1.91. The molecule has 0 aliphatic carbocycles. The molecule has 2 rings (SSSR count). The number of fused-ring (bicyclic) bond motifs is 1. The highest BCUT2D eigenvalue weighted by molar-refractivity contribution is 6.10. The van der Waals surface area contributed by atoms with Gasteiger partial charge in [0, 0.05) is 22.2 Å². The van der Waals surface area contributed by atoms with Crippen molar-refractivity contribution in [1.82, 2.24) is 10.3 Å². The van der Waals surface area contributed by atoms with Crippen molar-refractivity contribution in [2.75, 3.05) is 13.6 Å². The number of hydrogen-bond donors (Lipinski definition) is 2. The van der Waals surface area contributed by atoms with E-state index in [4.69, 9.17) is 0 Å². The summed E-state index contributed by atoms with van der Waals surface area (Å²) in [6.07, 6.45) is 0. The Bertz CT molecular complexity index is 545. The molecule has 0 saturated heterocycles. The average Bonchev–Trinajstić information content (AvgIpc) is 2.53. The SMILES string of the molecule is CNCC(=O)c1c(C)[nH]c2ccc(F)cc12. The maximum atomic E-state index is 13.1. The van der Waals surface area contributed by atoms with E-state index in [1.165, 1.54) is 12.1 Å². The van der Waals surface area contributed by atoms with Crippen LogP contribution in [-0.2, 0) is 0 Å². The van der Waals surface area contributed by atoms with Crippen LogP contribution in [0, 0.1) is 12.7 Å². The molecule has 4 heteroatoms. The first kappa shape index (κ1) is 10.8. The van der Waals surface area contributed by atoms with E-state index in [9.17, 15) is 9.18 Å². The third-order valence-corrected chi connectivity index (χ3v) is 2.56. The zero-order chi connectivity index (χ0) is 11.7. The Morgan fingerprint density at radius 2 is 2.25 bits per heavy atom.